The molecule has 5 nitrogen and oxygen atoms in total. The highest BCUT2D eigenvalue weighted by molar-refractivity contribution is 6.35. The molecule has 2 heterocycles. The number of amides is 2. The molecule has 25 heavy (non-hydrogen) atoms. The van der Waals surface area contributed by atoms with Crippen LogP contribution >= 0.6 is 35.6 Å². The van der Waals surface area contributed by atoms with Gasteiger partial charge in [-0.15, -0.1) is 12.4 Å². The van der Waals surface area contributed by atoms with E-state index in [0.717, 1.165) is 25.8 Å². The lowest BCUT2D eigenvalue weighted by molar-refractivity contribution is -0.135. The van der Waals surface area contributed by atoms with Crippen LogP contribution in [0.5, 0.6) is 0 Å². The number of carbonyl (C=O) groups excluding carboxylic acids is 2. The number of hydrogen-bond acceptors (Lipinski definition) is 3. The van der Waals surface area contributed by atoms with Crippen molar-refractivity contribution >= 4 is 47.4 Å². The van der Waals surface area contributed by atoms with E-state index >= 15 is 0 Å². The van der Waals surface area contributed by atoms with Crippen LogP contribution in [0.25, 0.3) is 0 Å². The van der Waals surface area contributed by atoms with Crippen LogP contribution in [0.4, 0.5) is 0 Å². The Kier molecular flexibility index (Phi) is 7.37. The van der Waals surface area contributed by atoms with Gasteiger partial charge in [-0.05, 0) is 37.6 Å². The van der Waals surface area contributed by atoms with Crippen molar-refractivity contribution in [2.24, 2.45) is 0 Å². The summed E-state index contributed by atoms with van der Waals surface area (Å²) in [5.41, 5.74) is 0.487. The van der Waals surface area contributed by atoms with Crippen LogP contribution in [-0.2, 0) is 4.79 Å². The summed E-state index contributed by atoms with van der Waals surface area (Å²) in [5, 5.41) is 4.18. The lowest BCUT2D eigenvalue weighted by Crippen LogP contribution is -2.55. The van der Waals surface area contributed by atoms with Crippen molar-refractivity contribution in [3.8, 4) is 0 Å². The van der Waals surface area contributed by atoms with Gasteiger partial charge in [-0.2, -0.15) is 0 Å². The van der Waals surface area contributed by atoms with Crippen LogP contribution in [0, 0.1) is 0 Å². The standard InChI is InChI=1S/C17H21Cl2N3O2.ClH/c18-13-9-12(10-14(19)11-13)16(23)21-5-7-22(8-6-21)17(24)15-3-1-2-4-20-15;/h9-11,15,20H,1-8H2;1H. The van der Waals surface area contributed by atoms with Gasteiger partial charge in [-0.25, -0.2) is 0 Å². The predicted molar refractivity (Wildman–Crippen MR) is 102 cm³/mol. The van der Waals surface area contributed by atoms with Crippen LogP contribution in [0.15, 0.2) is 18.2 Å². The summed E-state index contributed by atoms with van der Waals surface area (Å²) < 4.78 is 0. The Bertz CT molecular complexity index is 607. The molecule has 8 heteroatoms. The third kappa shape index (κ3) is 5.00. The van der Waals surface area contributed by atoms with Crippen LogP contribution in [0.1, 0.15) is 29.6 Å². The molecule has 1 aromatic rings. The molecule has 2 fully saturated rings. The summed E-state index contributed by atoms with van der Waals surface area (Å²) in [6.45, 7) is 3.10. The maximum absolute atomic E-state index is 12.6. The van der Waals surface area contributed by atoms with Crippen LogP contribution < -0.4 is 5.32 Å². The van der Waals surface area contributed by atoms with Crippen molar-refractivity contribution in [1.29, 1.82) is 0 Å². The second kappa shape index (κ2) is 9.08. The highest BCUT2D eigenvalue weighted by Crippen LogP contribution is 2.21. The minimum atomic E-state index is -0.0951. The SMILES string of the molecule is Cl.O=C(c1cc(Cl)cc(Cl)c1)N1CCN(C(=O)C2CCCCN2)CC1. The summed E-state index contributed by atoms with van der Waals surface area (Å²) >= 11 is 11.9. The molecule has 0 aliphatic carbocycles. The predicted octanol–water partition coefficient (Wildman–Crippen LogP) is 2.84. The Morgan fingerprint density at radius 1 is 0.960 bits per heavy atom. The molecule has 1 unspecified atom stereocenters. The third-order valence-corrected chi connectivity index (χ3v) is 5.03. The molecule has 2 saturated heterocycles. The van der Waals surface area contributed by atoms with E-state index in [1.165, 1.54) is 0 Å². The molecule has 3 rings (SSSR count). The maximum Gasteiger partial charge on any atom is 0.254 e. The quantitative estimate of drug-likeness (QED) is 0.821. The van der Waals surface area contributed by atoms with E-state index in [1.54, 1.807) is 23.1 Å². The molecule has 1 atom stereocenters. The Labute approximate surface area is 164 Å². The van der Waals surface area contributed by atoms with E-state index in [0.29, 0.717) is 41.8 Å². The van der Waals surface area contributed by atoms with Gasteiger partial charge >= 0.3 is 0 Å². The van der Waals surface area contributed by atoms with Gasteiger partial charge in [0, 0.05) is 41.8 Å². The minimum absolute atomic E-state index is 0. The number of piperazine rings is 1. The number of piperidine rings is 1. The fourth-order valence-corrected chi connectivity index (χ4v) is 3.80. The largest absolute Gasteiger partial charge is 0.338 e. The summed E-state index contributed by atoms with van der Waals surface area (Å²) in [5.74, 6) is 0.0647. The maximum atomic E-state index is 12.6. The topological polar surface area (TPSA) is 52.7 Å². The van der Waals surface area contributed by atoms with Gasteiger partial charge in [0.2, 0.25) is 5.91 Å². The van der Waals surface area contributed by atoms with Crippen LogP contribution in [0.2, 0.25) is 10.0 Å². The van der Waals surface area contributed by atoms with Crippen molar-refractivity contribution in [2.75, 3.05) is 32.7 Å². The highest BCUT2D eigenvalue weighted by Gasteiger charge is 2.29. The van der Waals surface area contributed by atoms with E-state index in [2.05, 4.69) is 5.32 Å². The van der Waals surface area contributed by atoms with Gasteiger partial charge in [-0.1, -0.05) is 29.6 Å². The normalized spacial score (nSPS) is 20.8. The first-order chi connectivity index (χ1) is 11.5. The Balaban J connectivity index is 0.00000225. The zero-order valence-corrected chi connectivity index (χ0v) is 16.2. The van der Waals surface area contributed by atoms with Crippen molar-refractivity contribution in [2.45, 2.75) is 25.3 Å². The number of carbonyl (C=O) groups is 2. The first-order valence-corrected chi connectivity index (χ1v) is 9.08. The average Bonchev–Trinajstić information content (AvgIpc) is 2.60. The van der Waals surface area contributed by atoms with Gasteiger partial charge in [0.05, 0.1) is 6.04 Å². The highest BCUT2D eigenvalue weighted by atomic mass is 35.5. The fourth-order valence-electron chi connectivity index (χ4n) is 3.27. The second-order valence-electron chi connectivity index (χ2n) is 6.28. The van der Waals surface area contributed by atoms with E-state index < -0.39 is 0 Å². The number of halogens is 3. The van der Waals surface area contributed by atoms with Crippen molar-refractivity contribution < 1.29 is 9.59 Å². The summed E-state index contributed by atoms with van der Waals surface area (Å²) in [7, 11) is 0. The first kappa shape index (κ1) is 20.3. The Morgan fingerprint density at radius 2 is 1.56 bits per heavy atom. The monoisotopic (exact) mass is 405 g/mol. The van der Waals surface area contributed by atoms with E-state index in [-0.39, 0.29) is 30.3 Å². The van der Waals surface area contributed by atoms with Gasteiger partial charge < -0.3 is 15.1 Å². The van der Waals surface area contributed by atoms with Crippen LogP contribution in [-0.4, -0.2) is 60.4 Å². The summed E-state index contributed by atoms with van der Waals surface area (Å²) in [6, 6.07) is 4.79. The second-order valence-corrected chi connectivity index (χ2v) is 7.15. The van der Waals surface area contributed by atoms with E-state index in [9.17, 15) is 9.59 Å². The lowest BCUT2D eigenvalue weighted by atomic mass is 10.0. The van der Waals surface area contributed by atoms with E-state index in [1.807, 2.05) is 4.90 Å². The molecule has 138 valence electrons. The molecule has 0 radical (unpaired) electrons. The molecule has 1 aromatic carbocycles. The number of benzene rings is 1. The fraction of sp³-hybridized carbons (Fsp3) is 0.529. The number of hydrogen-bond donors (Lipinski definition) is 1. The smallest absolute Gasteiger partial charge is 0.254 e. The molecule has 1 N–H and O–H groups in total. The Morgan fingerprint density at radius 3 is 2.12 bits per heavy atom. The average molecular weight is 407 g/mol. The molecule has 0 aromatic heterocycles. The number of nitrogens with one attached hydrogen (secondary N) is 1. The molecule has 0 bridgehead atoms. The summed E-state index contributed by atoms with van der Waals surface area (Å²) in [4.78, 5) is 28.7. The van der Waals surface area contributed by atoms with Gasteiger partial charge in [0.1, 0.15) is 0 Å². The summed E-state index contributed by atoms with van der Waals surface area (Å²) in [6.07, 6.45) is 3.13. The van der Waals surface area contributed by atoms with Gasteiger partial charge in [0.15, 0.2) is 0 Å². The van der Waals surface area contributed by atoms with Crippen LogP contribution in [0.3, 0.4) is 0 Å². The molecular formula is C17H22Cl3N3O2. The number of nitrogens with zero attached hydrogens (tertiary/aromatic N) is 2. The Hall–Kier alpha value is -1.01. The molecular weight excluding hydrogens is 385 g/mol. The van der Waals surface area contributed by atoms with E-state index in [4.69, 9.17) is 23.2 Å². The molecule has 2 amide bonds. The third-order valence-electron chi connectivity index (χ3n) is 4.60. The van der Waals surface area contributed by atoms with Crippen molar-refractivity contribution in [3.63, 3.8) is 0 Å². The zero-order valence-electron chi connectivity index (χ0n) is 13.8. The molecule has 0 spiro atoms. The van der Waals surface area contributed by atoms with Gasteiger partial charge in [-0.3, -0.25) is 9.59 Å². The number of rotatable bonds is 2. The first-order valence-electron chi connectivity index (χ1n) is 8.32. The molecule has 2 aliphatic rings. The molecule has 0 saturated carbocycles. The lowest BCUT2D eigenvalue weighted by Gasteiger charge is -2.37. The van der Waals surface area contributed by atoms with Crippen molar-refractivity contribution in [3.05, 3.63) is 33.8 Å². The van der Waals surface area contributed by atoms with Crippen molar-refractivity contribution in [1.82, 2.24) is 15.1 Å². The minimum Gasteiger partial charge on any atom is -0.338 e. The molecule has 2 aliphatic heterocycles. The zero-order chi connectivity index (χ0) is 17.1. The van der Waals surface area contributed by atoms with Gasteiger partial charge in [0.25, 0.3) is 5.91 Å².